The summed E-state index contributed by atoms with van der Waals surface area (Å²) < 4.78 is 31.8. The molecule has 114 valence electrons. The maximum atomic E-state index is 12.1. The van der Waals surface area contributed by atoms with Crippen LogP contribution in [0.25, 0.3) is 0 Å². The number of nitrogens with one attached hydrogen (secondary N) is 1. The van der Waals surface area contributed by atoms with Crippen LogP contribution in [0.15, 0.2) is 23.1 Å². The lowest BCUT2D eigenvalue weighted by Crippen LogP contribution is -2.26. The molecule has 1 aromatic carbocycles. The van der Waals surface area contributed by atoms with Gasteiger partial charge in [-0.25, -0.2) is 13.1 Å². The minimum atomic E-state index is -3.47. The van der Waals surface area contributed by atoms with Crippen LogP contribution in [-0.2, 0) is 10.0 Å². The van der Waals surface area contributed by atoms with Crippen molar-refractivity contribution in [3.05, 3.63) is 23.8 Å². The fourth-order valence-corrected chi connectivity index (χ4v) is 3.65. The lowest BCUT2D eigenvalue weighted by Gasteiger charge is -2.09. The maximum Gasteiger partial charge on any atom is 0.240 e. The van der Waals surface area contributed by atoms with Crippen molar-refractivity contribution in [1.29, 1.82) is 0 Å². The Morgan fingerprint density at radius 3 is 2.70 bits per heavy atom. The van der Waals surface area contributed by atoms with Crippen molar-refractivity contribution >= 4 is 21.8 Å². The van der Waals surface area contributed by atoms with Gasteiger partial charge in [0.2, 0.25) is 10.0 Å². The molecule has 0 aliphatic carbocycles. The number of ether oxygens (including phenoxy) is 1. The molecule has 0 saturated carbocycles. The Labute approximate surface area is 124 Å². The smallest absolute Gasteiger partial charge is 0.240 e. The summed E-state index contributed by atoms with van der Waals surface area (Å²) >= 11 is 1.62. The molecule has 0 aromatic heterocycles. The second kappa shape index (κ2) is 8.51. The van der Waals surface area contributed by atoms with E-state index in [0.29, 0.717) is 18.0 Å². The molecule has 0 spiro atoms. The van der Waals surface area contributed by atoms with E-state index in [-0.39, 0.29) is 11.5 Å². The van der Waals surface area contributed by atoms with Crippen LogP contribution in [0.3, 0.4) is 0 Å². The Morgan fingerprint density at radius 1 is 1.35 bits per heavy atom. The fraction of sp³-hybridized carbons (Fsp3) is 0.538. The summed E-state index contributed by atoms with van der Waals surface area (Å²) in [4.78, 5) is 0.246. The van der Waals surface area contributed by atoms with Crippen LogP contribution < -0.4 is 9.46 Å². The molecular formula is C13H21NO4S2. The molecule has 5 nitrogen and oxygen atoms in total. The zero-order chi connectivity index (χ0) is 15.0. The number of aliphatic hydroxyl groups is 1. The van der Waals surface area contributed by atoms with Gasteiger partial charge in [0.1, 0.15) is 5.75 Å². The van der Waals surface area contributed by atoms with Crippen LogP contribution in [-0.4, -0.2) is 45.3 Å². The Bertz CT molecular complexity index is 517. The van der Waals surface area contributed by atoms with E-state index in [0.717, 1.165) is 17.7 Å². The number of methoxy groups -OCH3 is 1. The van der Waals surface area contributed by atoms with Crippen LogP contribution >= 0.6 is 11.8 Å². The summed E-state index contributed by atoms with van der Waals surface area (Å²) in [5, 5.41) is 8.63. The minimum Gasteiger partial charge on any atom is -0.496 e. The van der Waals surface area contributed by atoms with Gasteiger partial charge in [0.25, 0.3) is 0 Å². The van der Waals surface area contributed by atoms with E-state index < -0.39 is 10.0 Å². The van der Waals surface area contributed by atoms with Gasteiger partial charge in [0, 0.05) is 18.9 Å². The van der Waals surface area contributed by atoms with Gasteiger partial charge in [0.15, 0.2) is 0 Å². The topological polar surface area (TPSA) is 75.6 Å². The van der Waals surface area contributed by atoms with Crippen molar-refractivity contribution in [3.8, 4) is 5.75 Å². The zero-order valence-electron chi connectivity index (χ0n) is 11.8. The van der Waals surface area contributed by atoms with Crippen molar-refractivity contribution < 1.29 is 18.3 Å². The molecule has 0 amide bonds. The first-order valence-electron chi connectivity index (χ1n) is 6.34. The molecule has 0 bridgehead atoms. The summed E-state index contributed by atoms with van der Waals surface area (Å²) in [6.07, 6.45) is 0.731. The van der Waals surface area contributed by atoms with Crippen molar-refractivity contribution in [2.45, 2.75) is 18.2 Å². The molecule has 0 aliphatic rings. The van der Waals surface area contributed by atoms with Gasteiger partial charge in [-0.2, -0.15) is 11.8 Å². The molecule has 1 rings (SSSR count). The normalized spacial score (nSPS) is 11.6. The van der Waals surface area contributed by atoms with Crippen molar-refractivity contribution in [3.63, 3.8) is 0 Å². The van der Waals surface area contributed by atoms with Crippen molar-refractivity contribution in [2.75, 3.05) is 31.8 Å². The van der Waals surface area contributed by atoms with E-state index in [1.54, 1.807) is 31.0 Å². The average molecular weight is 319 g/mol. The number of rotatable bonds is 9. The SMILES string of the molecule is COc1ccc(S(=O)(=O)NCCSCCCO)cc1C. The predicted molar refractivity (Wildman–Crippen MR) is 81.9 cm³/mol. The molecule has 0 aliphatic heterocycles. The molecule has 2 N–H and O–H groups in total. The van der Waals surface area contributed by atoms with Gasteiger partial charge in [-0.15, -0.1) is 0 Å². The average Bonchev–Trinajstić information content (AvgIpc) is 2.42. The third-order valence-corrected chi connectivity index (χ3v) is 5.19. The number of aliphatic hydroxyl groups excluding tert-OH is 1. The standard InChI is InChI=1S/C13H21NO4S2/c1-11-10-12(4-5-13(11)18-2)20(16,17)14-6-9-19-8-3-7-15/h4-5,10,14-15H,3,6-9H2,1-2H3. The highest BCUT2D eigenvalue weighted by Gasteiger charge is 2.14. The van der Waals surface area contributed by atoms with Crippen LogP contribution in [0, 0.1) is 6.92 Å². The summed E-state index contributed by atoms with van der Waals surface area (Å²) in [6.45, 7) is 2.36. The highest BCUT2D eigenvalue weighted by Crippen LogP contribution is 2.21. The summed E-state index contributed by atoms with van der Waals surface area (Å²) in [5.41, 5.74) is 0.785. The first kappa shape index (κ1) is 17.3. The van der Waals surface area contributed by atoms with Gasteiger partial charge in [-0.1, -0.05) is 0 Å². The predicted octanol–water partition coefficient (Wildman–Crippen LogP) is 1.40. The molecular weight excluding hydrogens is 298 g/mol. The number of hydrogen-bond donors (Lipinski definition) is 2. The van der Waals surface area contributed by atoms with E-state index in [9.17, 15) is 8.42 Å². The Kier molecular flexibility index (Phi) is 7.36. The van der Waals surface area contributed by atoms with Crippen LogP contribution in [0.5, 0.6) is 5.75 Å². The third kappa shape index (κ3) is 5.32. The first-order chi connectivity index (χ1) is 9.51. The lowest BCUT2D eigenvalue weighted by atomic mass is 10.2. The Balaban J connectivity index is 2.54. The van der Waals surface area contributed by atoms with Gasteiger partial charge in [0.05, 0.1) is 12.0 Å². The number of aryl methyl sites for hydroxylation is 1. The van der Waals surface area contributed by atoms with Gasteiger partial charge in [-0.3, -0.25) is 0 Å². The molecule has 0 radical (unpaired) electrons. The molecule has 0 fully saturated rings. The molecule has 20 heavy (non-hydrogen) atoms. The number of sulfonamides is 1. The second-order valence-corrected chi connectivity index (χ2v) is 7.21. The molecule has 0 unspecified atom stereocenters. The van der Waals surface area contributed by atoms with Crippen molar-refractivity contribution in [1.82, 2.24) is 4.72 Å². The van der Waals surface area contributed by atoms with Gasteiger partial charge < -0.3 is 9.84 Å². The van der Waals surface area contributed by atoms with E-state index in [4.69, 9.17) is 9.84 Å². The Morgan fingerprint density at radius 2 is 2.10 bits per heavy atom. The third-order valence-electron chi connectivity index (χ3n) is 2.66. The molecule has 1 aromatic rings. The first-order valence-corrected chi connectivity index (χ1v) is 8.98. The summed E-state index contributed by atoms with van der Waals surface area (Å²) in [6, 6.07) is 4.78. The number of thioether (sulfide) groups is 1. The molecule has 0 atom stereocenters. The summed E-state index contributed by atoms with van der Waals surface area (Å²) in [5.74, 6) is 2.19. The highest BCUT2D eigenvalue weighted by molar-refractivity contribution is 7.99. The number of benzene rings is 1. The fourth-order valence-electron chi connectivity index (χ4n) is 1.62. The maximum absolute atomic E-state index is 12.1. The molecule has 0 heterocycles. The largest absolute Gasteiger partial charge is 0.496 e. The van der Waals surface area contributed by atoms with Crippen LogP contribution in [0.1, 0.15) is 12.0 Å². The number of hydrogen-bond acceptors (Lipinski definition) is 5. The second-order valence-electron chi connectivity index (χ2n) is 4.22. The van der Waals surface area contributed by atoms with Gasteiger partial charge >= 0.3 is 0 Å². The van der Waals surface area contributed by atoms with E-state index >= 15 is 0 Å². The Hall–Kier alpha value is -0.760. The van der Waals surface area contributed by atoms with E-state index in [1.807, 2.05) is 6.92 Å². The zero-order valence-corrected chi connectivity index (χ0v) is 13.4. The molecule has 7 heteroatoms. The quantitative estimate of drug-likeness (QED) is 0.673. The monoisotopic (exact) mass is 319 g/mol. The molecule has 0 saturated heterocycles. The van der Waals surface area contributed by atoms with E-state index in [2.05, 4.69) is 4.72 Å². The van der Waals surface area contributed by atoms with Crippen molar-refractivity contribution in [2.24, 2.45) is 0 Å². The lowest BCUT2D eigenvalue weighted by molar-refractivity contribution is 0.296. The van der Waals surface area contributed by atoms with Crippen LogP contribution in [0.2, 0.25) is 0 Å². The summed E-state index contributed by atoms with van der Waals surface area (Å²) in [7, 11) is -1.91. The van der Waals surface area contributed by atoms with Crippen LogP contribution in [0.4, 0.5) is 0 Å². The highest BCUT2D eigenvalue weighted by atomic mass is 32.2. The van der Waals surface area contributed by atoms with E-state index in [1.165, 1.54) is 6.07 Å². The minimum absolute atomic E-state index is 0.170. The van der Waals surface area contributed by atoms with Gasteiger partial charge in [-0.05, 0) is 42.9 Å².